The van der Waals surface area contributed by atoms with E-state index in [1.54, 1.807) is 6.92 Å². The van der Waals surface area contributed by atoms with Crippen LogP contribution >= 0.6 is 0 Å². The molecule has 2 amide bonds. The van der Waals surface area contributed by atoms with Crippen LogP contribution in [0.5, 0.6) is 0 Å². The summed E-state index contributed by atoms with van der Waals surface area (Å²) < 4.78 is 0. The molecule has 5 nitrogen and oxygen atoms in total. The summed E-state index contributed by atoms with van der Waals surface area (Å²) >= 11 is 0. The van der Waals surface area contributed by atoms with Gasteiger partial charge < -0.3 is 15.5 Å². The first-order valence-electron chi connectivity index (χ1n) is 12.5. The van der Waals surface area contributed by atoms with Crippen LogP contribution in [-0.4, -0.2) is 24.9 Å². The van der Waals surface area contributed by atoms with Gasteiger partial charge in [-0.1, -0.05) is 91.9 Å². The lowest BCUT2D eigenvalue weighted by Crippen LogP contribution is -2.44. The lowest BCUT2D eigenvalue weighted by molar-refractivity contribution is -0.130. The van der Waals surface area contributed by atoms with Crippen molar-refractivity contribution in [1.29, 1.82) is 0 Å². The van der Waals surface area contributed by atoms with Crippen LogP contribution in [0, 0.1) is 11.8 Å². The molecule has 2 N–H and O–H groups in total. The van der Waals surface area contributed by atoms with Crippen LogP contribution in [-0.2, 0) is 22.6 Å². The predicted molar refractivity (Wildman–Crippen MR) is 146 cm³/mol. The minimum atomic E-state index is -0.582. The molecule has 0 radical (unpaired) electrons. The molecule has 4 aromatic rings. The van der Waals surface area contributed by atoms with Crippen molar-refractivity contribution in [3.8, 4) is 0 Å². The van der Waals surface area contributed by atoms with Gasteiger partial charge in [-0.05, 0) is 40.5 Å². The van der Waals surface area contributed by atoms with Crippen molar-refractivity contribution in [2.24, 2.45) is 17.6 Å². The van der Waals surface area contributed by atoms with Crippen molar-refractivity contribution in [2.45, 2.75) is 19.9 Å². The highest BCUT2D eigenvalue weighted by molar-refractivity contribution is 6.02. The fourth-order valence-electron chi connectivity index (χ4n) is 5.15. The summed E-state index contributed by atoms with van der Waals surface area (Å²) in [7, 11) is 0. The van der Waals surface area contributed by atoms with Gasteiger partial charge in [-0.15, -0.1) is 0 Å². The third kappa shape index (κ3) is 4.69. The van der Waals surface area contributed by atoms with Gasteiger partial charge in [0, 0.05) is 19.0 Å². The predicted octanol–water partition coefficient (Wildman–Crippen LogP) is 5.17. The van der Waals surface area contributed by atoms with Gasteiger partial charge in [-0.25, -0.2) is 0 Å². The van der Waals surface area contributed by atoms with Crippen LogP contribution in [0.2, 0.25) is 0 Å². The maximum Gasteiger partial charge on any atom is 0.233 e. The first-order chi connectivity index (χ1) is 17.5. The quantitative estimate of drug-likeness (QED) is 0.399. The third-order valence-corrected chi connectivity index (χ3v) is 7.29. The number of carbonyl (C=O) groups is 2. The van der Waals surface area contributed by atoms with Crippen molar-refractivity contribution in [2.75, 3.05) is 22.9 Å². The molecule has 0 aromatic heterocycles. The van der Waals surface area contributed by atoms with Gasteiger partial charge in [0.05, 0.1) is 23.8 Å². The molecule has 1 heterocycles. The zero-order valence-corrected chi connectivity index (χ0v) is 20.5. The number of benzene rings is 4. The molecule has 0 spiro atoms. The van der Waals surface area contributed by atoms with E-state index >= 15 is 0 Å². The minimum Gasteiger partial charge on any atom is -0.369 e. The molecule has 1 aliphatic heterocycles. The molecule has 5 rings (SSSR count). The van der Waals surface area contributed by atoms with Crippen molar-refractivity contribution in [3.05, 3.63) is 108 Å². The topological polar surface area (TPSA) is 66.6 Å². The Bertz CT molecular complexity index is 1380. The maximum atomic E-state index is 14.1. The summed E-state index contributed by atoms with van der Waals surface area (Å²) in [6.07, 6.45) is 0.838. The summed E-state index contributed by atoms with van der Waals surface area (Å²) in [6, 6.07) is 32.8. The molecule has 5 heteroatoms. The average Bonchev–Trinajstić information content (AvgIpc) is 3.02. The molecular weight excluding hydrogens is 446 g/mol. The molecule has 4 aromatic carbocycles. The normalized spacial score (nSPS) is 16.5. The van der Waals surface area contributed by atoms with Gasteiger partial charge in [0.1, 0.15) is 0 Å². The molecule has 0 bridgehead atoms. The number of fused-ring (bicyclic) bond motifs is 2. The Morgan fingerprint density at radius 2 is 1.56 bits per heavy atom. The SMILES string of the molecule is CC(C(N)=O)[C@H]1CN(CCc2ccccc2)c2ccccc2N(Cc2cccc3ccccc23)C1=O. The Balaban J connectivity index is 1.56. The number of primary amides is 1. The molecule has 0 fully saturated rings. The molecule has 0 aliphatic carbocycles. The van der Waals surface area contributed by atoms with E-state index in [4.69, 9.17) is 5.73 Å². The van der Waals surface area contributed by atoms with Gasteiger partial charge in [0.25, 0.3) is 0 Å². The van der Waals surface area contributed by atoms with E-state index < -0.39 is 17.7 Å². The highest BCUT2D eigenvalue weighted by atomic mass is 16.2. The lowest BCUT2D eigenvalue weighted by Gasteiger charge is -2.28. The number of carbonyl (C=O) groups excluding carboxylic acids is 2. The Labute approximate surface area is 212 Å². The highest BCUT2D eigenvalue weighted by Crippen LogP contribution is 2.37. The van der Waals surface area contributed by atoms with E-state index in [1.165, 1.54) is 5.56 Å². The number of anilines is 2. The Kier molecular flexibility index (Phi) is 6.72. The van der Waals surface area contributed by atoms with Crippen LogP contribution in [0.3, 0.4) is 0 Å². The first-order valence-corrected chi connectivity index (χ1v) is 12.5. The lowest BCUT2D eigenvalue weighted by atomic mass is 9.91. The molecular formula is C31H31N3O2. The second kappa shape index (κ2) is 10.2. The van der Waals surface area contributed by atoms with Crippen LogP contribution in [0.1, 0.15) is 18.1 Å². The second-order valence-corrected chi connectivity index (χ2v) is 9.53. The van der Waals surface area contributed by atoms with Gasteiger partial charge in [0.2, 0.25) is 11.8 Å². The summed E-state index contributed by atoms with van der Waals surface area (Å²) in [5, 5.41) is 2.26. The molecule has 1 unspecified atom stereocenters. The summed E-state index contributed by atoms with van der Waals surface area (Å²) in [4.78, 5) is 30.5. The average molecular weight is 478 g/mol. The highest BCUT2D eigenvalue weighted by Gasteiger charge is 2.38. The summed E-state index contributed by atoms with van der Waals surface area (Å²) in [6.45, 7) is 3.37. The molecule has 0 saturated carbocycles. The summed E-state index contributed by atoms with van der Waals surface area (Å²) in [5.41, 5.74) is 9.91. The number of hydrogen-bond donors (Lipinski definition) is 1. The zero-order valence-electron chi connectivity index (χ0n) is 20.5. The van der Waals surface area contributed by atoms with E-state index in [2.05, 4.69) is 47.4 Å². The fourth-order valence-corrected chi connectivity index (χ4v) is 5.15. The zero-order chi connectivity index (χ0) is 25.1. The Hall–Kier alpha value is -4.12. The van der Waals surface area contributed by atoms with Crippen LogP contribution in [0.25, 0.3) is 10.8 Å². The van der Waals surface area contributed by atoms with E-state index in [1.807, 2.05) is 59.5 Å². The van der Waals surface area contributed by atoms with E-state index in [-0.39, 0.29) is 5.91 Å². The standard InChI is InChI=1S/C31H31N3O2/c1-22(30(32)35)27-21-33(19-18-23-10-3-2-4-11-23)28-16-7-8-17-29(28)34(31(27)36)20-25-14-9-13-24-12-5-6-15-26(24)25/h2-17,22,27H,18-21H2,1H3,(H2,32,35)/t22?,27-/m1/s1. The number of hydrogen-bond acceptors (Lipinski definition) is 3. The number of nitrogens with two attached hydrogens (primary N) is 1. The summed E-state index contributed by atoms with van der Waals surface area (Å²) in [5.74, 6) is -1.64. The first kappa shape index (κ1) is 23.6. The van der Waals surface area contributed by atoms with E-state index in [0.717, 1.165) is 40.7 Å². The second-order valence-electron chi connectivity index (χ2n) is 9.53. The minimum absolute atomic E-state index is 0.0658. The number of nitrogens with zero attached hydrogens (tertiary/aromatic N) is 2. The largest absolute Gasteiger partial charge is 0.369 e. The molecule has 36 heavy (non-hydrogen) atoms. The fraction of sp³-hybridized carbons (Fsp3) is 0.226. The van der Waals surface area contributed by atoms with E-state index in [9.17, 15) is 9.59 Å². The van der Waals surface area contributed by atoms with Crippen LogP contribution in [0.15, 0.2) is 97.1 Å². The maximum absolute atomic E-state index is 14.1. The smallest absolute Gasteiger partial charge is 0.233 e. The van der Waals surface area contributed by atoms with Crippen LogP contribution in [0.4, 0.5) is 11.4 Å². The van der Waals surface area contributed by atoms with E-state index in [0.29, 0.717) is 13.1 Å². The van der Waals surface area contributed by atoms with Crippen molar-refractivity contribution in [1.82, 2.24) is 0 Å². The monoisotopic (exact) mass is 477 g/mol. The van der Waals surface area contributed by atoms with Gasteiger partial charge >= 0.3 is 0 Å². The van der Waals surface area contributed by atoms with Crippen molar-refractivity contribution < 1.29 is 9.59 Å². The molecule has 2 atom stereocenters. The van der Waals surface area contributed by atoms with Crippen molar-refractivity contribution in [3.63, 3.8) is 0 Å². The number of rotatable bonds is 7. The van der Waals surface area contributed by atoms with Gasteiger partial charge in [-0.2, -0.15) is 0 Å². The Morgan fingerprint density at radius 3 is 2.33 bits per heavy atom. The molecule has 1 aliphatic rings. The van der Waals surface area contributed by atoms with Gasteiger partial charge in [0.15, 0.2) is 0 Å². The third-order valence-electron chi connectivity index (χ3n) is 7.29. The van der Waals surface area contributed by atoms with Gasteiger partial charge in [-0.3, -0.25) is 9.59 Å². The molecule has 0 saturated heterocycles. The number of amides is 2. The number of para-hydroxylation sites is 2. The van der Waals surface area contributed by atoms with Crippen LogP contribution < -0.4 is 15.5 Å². The Morgan fingerprint density at radius 1 is 0.889 bits per heavy atom. The van der Waals surface area contributed by atoms with Crippen molar-refractivity contribution >= 4 is 34.0 Å². The molecule has 182 valence electrons.